The first-order valence-electron chi connectivity index (χ1n) is 6.75. The van der Waals surface area contributed by atoms with Crippen molar-refractivity contribution < 1.29 is 9.13 Å². The monoisotopic (exact) mass is 307 g/mol. The van der Waals surface area contributed by atoms with Crippen molar-refractivity contribution in [1.82, 2.24) is 5.32 Å². The smallest absolute Gasteiger partial charge is 0.141 e. The van der Waals surface area contributed by atoms with Crippen molar-refractivity contribution in [2.45, 2.75) is 19.9 Å². The molecule has 4 heteroatoms. The summed E-state index contributed by atoms with van der Waals surface area (Å²) in [6.07, 6.45) is 0. The van der Waals surface area contributed by atoms with E-state index in [1.54, 1.807) is 19.2 Å². The summed E-state index contributed by atoms with van der Waals surface area (Å²) in [5, 5.41) is 3.40. The third-order valence-corrected chi connectivity index (χ3v) is 3.95. The minimum absolute atomic E-state index is 0.0484. The van der Waals surface area contributed by atoms with Crippen LogP contribution in [0.1, 0.15) is 28.3 Å². The third-order valence-electron chi connectivity index (χ3n) is 3.66. The molecule has 0 spiro atoms. The molecule has 0 bridgehead atoms. The SMILES string of the molecule is CNC(c1ccc(F)c(Cl)c1)c1cc(C)c(OC)cc1C. The Kier molecular flexibility index (Phi) is 4.86. The molecule has 0 radical (unpaired) electrons. The lowest BCUT2D eigenvalue weighted by molar-refractivity contribution is 0.411. The van der Waals surface area contributed by atoms with Gasteiger partial charge >= 0.3 is 0 Å². The van der Waals surface area contributed by atoms with Gasteiger partial charge in [0.05, 0.1) is 18.2 Å². The molecule has 1 atom stereocenters. The molecule has 0 aliphatic rings. The van der Waals surface area contributed by atoms with E-state index in [4.69, 9.17) is 16.3 Å². The quantitative estimate of drug-likeness (QED) is 0.903. The molecule has 0 aliphatic heterocycles. The van der Waals surface area contributed by atoms with Crippen LogP contribution in [0.5, 0.6) is 5.75 Å². The Hall–Kier alpha value is -1.58. The Morgan fingerprint density at radius 3 is 2.43 bits per heavy atom. The van der Waals surface area contributed by atoms with Gasteiger partial charge in [0.1, 0.15) is 11.6 Å². The number of hydrogen-bond acceptors (Lipinski definition) is 2. The van der Waals surface area contributed by atoms with Crippen LogP contribution in [0.25, 0.3) is 0 Å². The molecule has 2 aromatic rings. The van der Waals surface area contributed by atoms with Crippen molar-refractivity contribution in [3.63, 3.8) is 0 Å². The molecule has 0 aliphatic carbocycles. The zero-order chi connectivity index (χ0) is 15.6. The van der Waals surface area contributed by atoms with Gasteiger partial charge in [-0.1, -0.05) is 23.7 Å². The van der Waals surface area contributed by atoms with E-state index in [2.05, 4.69) is 11.4 Å². The fourth-order valence-electron chi connectivity index (χ4n) is 2.54. The summed E-state index contributed by atoms with van der Waals surface area (Å²) < 4.78 is 18.7. The van der Waals surface area contributed by atoms with Crippen LogP contribution in [-0.4, -0.2) is 14.2 Å². The molecular formula is C17H19ClFNO. The molecular weight excluding hydrogens is 289 g/mol. The van der Waals surface area contributed by atoms with Gasteiger partial charge in [0.15, 0.2) is 0 Å². The lowest BCUT2D eigenvalue weighted by atomic mass is 9.93. The van der Waals surface area contributed by atoms with Gasteiger partial charge in [-0.15, -0.1) is 0 Å². The molecule has 112 valence electrons. The first kappa shape index (κ1) is 15.8. The predicted molar refractivity (Wildman–Crippen MR) is 84.8 cm³/mol. The van der Waals surface area contributed by atoms with Crippen LogP contribution in [-0.2, 0) is 0 Å². The molecule has 21 heavy (non-hydrogen) atoms. The van der Waals surface area contributed by atoms with Gasteiger partial charge < -0.3 is 10.1 Å². The van der Waals surface area contributed by atoms with Gasteiger partial charge in [-0.2, -0.15) is 0 Å². The highest BCUT2D eigenvalue weighted by Gasteiger charge is 2.17. The molecule has 1 unspecified atom stereocenters. The van der Waals surface area contributed by atoms with Crippen LogP contribution in [0, 0.1) is 19.7 Å². The number of ether oxygens (including phenoxy) is 1. The molecule has 0 saturated carbocycles. The van der Waals surface area contributed by atoms with Gasteiger partial charge in [-0.05, 0) is 61.3 Å². The molecule has 1 N–H and O–H groups in total. The van der Waals surface area contributed by atoms with Crippen LogP contribution in [0.3, 0.4) is 0 Å². The van der Waals surface area contributed by atoms with E-state index in [0.29, 0.717) is 0 Å². The first-order valence-corrected chi connectivity index (χ1v) is 7.13. The maximum atomic E-state index is 13.3. The number of nitrogens with one attached hydrogen (secondary N) is 1. The van der Waals surface area contributed by atoms with E-state index in [-0.39, 0.29) is 11.1 Å². The number of hydrogen-bond donors (Lipinski definition) is 1. The van der Waals surface area contributed by atoms with Gasteiger partial charge in [0.25, 0.3) is 0 Å². The van der Waals surface area contributed by atoms with Crippen LogP contribution in [0.4, 0.5) is 4.39 Å². The highest BCUT2D eigenvalue weighted by atomic mass is 35.5. The van der Waals surface area contributed by atoms with Gasteiger partial charge in [0.2, 0.25) is 0 Å². The van der Waals surface area contributed by atoms with E-state index in [9.17, 15) is 4.39 Å². The Labute approximate surface area is 129 Å². The van der Waals surface area contributed by atoms with E-state index in [1.807, 2.05) is 27.0 Å². The van der Waals surface area contributed by atoms with Crippen LogP contribution >= 0.6 is 11.6 Å². The minimum Gasteiger partial charge on any atom is -0.496 e. The molecule has 2 rings (SSSR count). The van der Waals surface area contributed by atoms with E-state index in [1.165, 1.54) is 6.07 Å². The number of methoxy groups -OCH3 is 1. The summed E-state index contributed by atoms with van der Waals surface area (Å²) in [7, 11) is 3.54. The topological polar surface area (TPSA) is 21.3 Å². The van der Waals surface area contributed by atoms with Crippen molar-refractivity contribution in [2.75, 3.05) is 14.2 Å². The highest BCUT2D eigenvalue weighted by Crippen LogP contribution is 2.31. The first-order chi connectivity index (χ1) is 9.97. The minimum atomic E-state index is -0.405. The largest absolute Gasteiger partial charge is 0.496 e. The molecule has 0 fully saturated rings. The van der Waals surface area contributed by atoms with E-state index >= 15 is 0 Å². The Balaban J connectivity index is 2.50. The normalized spacial score (nSPS) is 12.3. The Bertz CT molecular complexity index is 657. The van der Waals surface area contributed by atoms with Crippen LogP contribution in [0.2, 0.25) is 5.02 Å². The number of halogens is 2. The van der Waals surface area contributed by atoms with Gasteiger partial charge in [-0.3, -0.25) is 0 Å². The van der Waals surface area contributed by atoms with Gasteiger partial charge in [0, 0.05) is 0 Å². The maximum absolute atomic E-state index is 13.3. The Morgan fingerprint density at radius 1 is 1.14 bits per heavy atom. The highest BCUT2D eigenvalue weighted by molar-refractivity contribution is 6.30. The average molecular weight is 308 g/mol. The van der Waals surface area contributed by atoms with Crippen molar-refractivity contribution in [1.29, 1.82) is 0 Å². The second-order valence-electron chi connectivity index (χ2n) is 5.07. The van der Waals surface area contributed by atoms with Crippen molar-refractivity contribution in [3.8, 4) is 5.75 Å². The van der Waals surface area contributed by atoms with Crippen molar-refractivity contribution in [2.24, 2.45) is 0 Å². The molecule has 2 nitrogen and oxygen atoms in total. The molecule has 0 saturated heterocycles. The molecule has 2 aromatic carbocycles. The zero-order valence-electron chi connectivity index (χ0n) is 12.6. The van der Waals surface area contributed by atoms with Crippen LogP contribution < -0.4 is 10.1 Å². The second kappa shape index (κ2) is 6.46. The predicted octanol–water partition coefficient (Wildman–Crippen LogP) is 4.41. The summed E-state index contributed by atoms with van der Waals surface area (Å²) in [5.41, 5.74) is 4.22. The maximum Gasteiger partial charge on any atom is 0.141 e. The summed E-state index contributed by atoms with van der Waals surface area (Å²) in [5.74, 6) is 0.459. The number of rotatable bonds is 4. The summed E-state index contributed by atoms with van der Waals surface area (Å²) >= 11 is 5.90. The second-order valence-corrected chi connectivity index (χ2v) is 5.48. The van der Waals surface area contributed by atoms with Crippen molar-refractivity contribution in [3.05, 3.63) is 63.4 Å². The molecule has 0 aromatic heterocycles. The lowest BCUT2D eigenvalue weighted by Gasteiger charge is -2.21. The van der Waals surface area contributed by atoms with Crippen LogP contribution in [0.15, 0.2) is 30.3 Å². The molecule has 0 heterocycles. The Morgan fingerprint density at radius 2 is 1.86 bits per heavy atom. The van der Waals surface area contributed by atoms with Crippen molar-refractivity contribution >= 4 is 11.6 Å². The zero-order valence-corrected chi connectivity index (χ0v) is 13.4. The number of aryl methyl sites for hydroxylation is 2. The lowest BCUT2D eigenvalue weighted by Crippen LogP contribution is -2.19. The summed E-state index contributed by atoms with van der Waals surface area (Å²) in [4.78, 5) is 0. The van der Waals surface area contributed by atoms with Gasteiger partial charge in [-0.25, -0.2) is 4.39 Å². The average Bonchev–Trinajstić information content (AvgIpc) is 2.46. The fourth-order valence-corrected chi connectivity index (χ4v) is 2.73. The summed E-state index contributed by atoms with van der Waals surface area (Å²) in [6.45, 7) is 4.04. The standard InChI is InChI=1S/C17H19ClFNO/c1-10-8-16(21-4)11(2)7-13(10)17(20-3)12-5-6-15(19)14(18)9-12/h5-9,17,20H,1-4H3. The fraction of sp³-hybridized carbons (Fsp3) is 0.294. The van der Waals surface area contributed by atoms with E-state index in [0.717, 1.165) is 28.0 Å². The van der Waals surface area contributed by atoms with E-state index < -0.39 is 5.82 Å². The molecule has 0 amide bonds. The number of benzene rings is 2. The third kappa shape index (κ3) is 3.20. The summed E-state index contributed by atoms with van der Waals surface area (Å²) in [6, 6.07) is 8.87.